The van der Waals surface area contributed by atoms with Crippen LogP contribution in [-0.4, -0.2) is 36.5 Å². The van der Waals surface area contributed by atoms with Gasteiger partial charge in [-0.15, -0.1) is 0 Å². The zero-order valence-electron chi connectivity index (χ0n) is 12.5. The molecule has 1 heterocycles. The molecule has 2 rings (SSSR count). The third kappa shape index (κ3) is 4.64. The molecule has 3 heteroatoms. The smallest absolute Gasteiger partial charge is 0.222 e. The number of benzene rings is 1. The molecule has 1 amide bonds. The average Bonchev–Trinajstić information content (AvgIpc) is 2.49. The SMILES string of the molecule is CCNC1CCN(C(=O)CCCc2ccccc2)CC1. The first-order chi connectivity index (χ1) is 9.79. The third-order valence-electron chi connectivity index (χ3n) is 4.04. The van der Waals surface area contributed by atoms with Crippen molar-refractivity contribution in [1.82, 2.24) is 10.2 Å². The molecule has 0 bridgehead atoms. The van der Waals surface area contributed by atoms with Crippen LogP contribution in [0.1, 0.15) is 38.2 Å². The van der Waals surface area contributed by atoms with Crippen LogP contribution in [0.5, 0.6) is 0 Å². The van der Waals surface area contributed by atoms with Gasteiger partial charge in [-0.3, -0.25) is 4.79 Å². The first kappa shape index (κ1) is 15.0. The molecule has 0 aromatic heterocycles. The van der Waals surface area contributed by atoms with Gasteiger partial charge in [0.2, 0.25) is 5.91 Å². The maximum Gasteiger partial charge on any atom is 0.222 e. The van der Waals surface area contributed by atoms with Gasteiger partial charge < -0.3 is 10.2 Å². The Morgan fingerprint density at radius 2 is 1.95 bits per heavy atom. The summed E-state index contributed by atoms with van der Waals surface area (Å²) in [6, 6.07) is 11.0. The van der Waals surface area contributed by atoms with Crippen LogP contribution in [0.15, 0.2) is 30.3 Å². The highest BCUT2D eigenvalue weighted by molar-refractivity contribution is 5.76. The molecule has 1 saturated heterocycles. The van der Waals surface area contributed by atoms with Gasteiger partial charge in [0.05, 0.1) is 0 Å². The van der Waals surface area contributed by atoms with E-state index in [4.69, 9.17) is 0 Å². The standard InChI is InChI=1S/C17H26N2O/c1-2-18-16-11-13-19(14-12-16)17(20)10-6-9-15-7-4-3-5-8-15/h3-5,7-8,16,18H,2,6,9-14H2,1H3. The number of hydrogen-bond acceptors (Lipinski definition) is 2. The van der Waals surface area contributed by atoms with Crippen LogP contribution in [0.3, 0.4) is 0 Å². The van der Waals surface area contributed by atoms with Crippen LogP contribution < -0.4 is 5.32 Å². The fraction of sp³-hybridized carbons (Fsp3) is 0.588. The van der Waals surface area contributed by atoms with Crippen molar-refractivity contribution in [2.45, 2.75) is 45.1 Å². The Bertz CT molecular complexity index is 397. The summed E-state index contributed by atoms with van der Waals surface area (Å²) in [7, 11) is 0. The van der Waals surface area contributed by atoms with Crippen LogP contribution in [0.4, 0.5) is 0 Å². The van der Waals surface area contributed by atoms with E-state index in [2.05, 4.69) is 36.5 Å². The van der Waals surface area contributed by atoms with E-state index in [9.17, 15) is 4.79 Å². The molecule has 20 heavy (non-hydrogen) atoms. The Balaban J connectivity index is 1.66. The number of hydrogen-bond donors (Lipinski definition) is 1. The lowest BCUT2D eigenvalue weighted by Gasteiger charge is -2.32. The highest BCUT2D eigenvalue weighted by Crippen LogP contribution is 2.13. The van der Waals surface area contributed by atoms with Crippen molar-refractivity contribution in [2.24, 2.45) is 0 Å². The fourth-order valence-corrected chi connectivity index (χ4v) is 2.87. The van der Waals surface area contributed by atoms with E-state index >= 15 is 0 Å². The van der Waals surface area contributed by atoms with Crippen molar-refractivity contribution >= 4 is 5.91 Å². The first-order valence-corrected chi connectivity index (χ1v) is 7.84. The van der Waals surface area contributed by atoms with Crippen LogP contribution in [-0.2, 0) is 11.2 Å². The summed E-state index contributed by atoms with van der Waals surface area (Å²) in [4.78, 5) is 14.2. The van der Waals surface area contributed by atoms with Crippen molar-refractivity contribution in [1.29, 1.82) is 0 Å². The van der Waals surface area contributed by atoms with Gasteiger partial charge in [0.15, 0.2) is 0 Å². The number of nitrogens with zero attached hydrogens (tertiary/aromatic N) is 1. The van der Waals surface area contributed by atoms with Crippen molar-refractivity contribution in [3.8, 4) is 0 Å². The topological polar surface area (TPSA) is 32.3 Å². The number of carbonyl (C=O) groups is 1. The molecular weight excluding hydrogens is 248 g/mol. The molecule has 110 valence electrons. The van der Waals surface area contributed by atoms with Gasteiger partial charge in [-0.2, -0.15) is 0 Å². The second-order valence-electron chi connectivity index (χ2n) is 5.55. The van der Waals surface area contributed by atoms with Gasteiger partial charge in [0, 0.05) is 25.6 Å². The van der Waals surface area contributed by atoms with Gasteiger partial charge in [0.25, 0.3) is 0 Å². The predicted molar refractivity (Wildman–Crippen MR) is 82.7 cm³/mol. The van der Waals surface area contributed by atoms with Gasteiger partial charge >= 0.3 is 0 Å². The van der Waals surface area contributed by atoms with Gasteiger partial charge in [-0.25, -0.2) is 0 Å². The minimum atomic E-state index is 0.330. The van der Waals surface area contributed by atoms with E-state index in [0.717, 1.165) is 45.3 Å². The summed E-state index contributed by atoms with van der Waals surface area (Å²) in [6.45, 7) is 5.00. The summed E-state index contributed by atoms with van der Waals surface area (Å²) >= 11 is 0. The second kappa shape index (κ2) is 8.05. The van der Waals surface area contributed by atoms with E-state index in [1.165, 1.54) is 5.56 Å². The summed E-state index contributed by atoms with van der Waals surface area (Å²) < 4.78 is 0. The van der Waals surface area contributed by atoms with E-state index in [1.807, 2.05) is 11.0 Å². The summed E-state index contributed by atoms with van der Waals surface area (Å²) in [5.41, 5.74) is 1.33. The Labute approximate surface area is 122 Å². The van der Waals surface area contributed by atoms with Gasteiger partial charge in [-0.05, 0) is 37.8 Å². The molecule has 0 saturated carbocycles. The molecule has 0 unspecified atom stereocenters. The van der Waals surface area contributed by atoms with E-state index in [1.54, 1.807) is 0 Å². The zero-order valence-corrected chi connectivity index (χ0v) is 12.5. The molecule has 0 radical (unpaired) electrons. The normalized spacial score (nSPS) is 16.4. The molecule has 3 nitrogen and oxygen atoms in total. The molecule has 1 aromatic rings. The Hall–Kier alpha value is -1.35. The van der Waals surface area contributed by atoms with E-state index in [-0.39, 0.29) is 0 Å². The molecule has 1 fully saturated rings. The Morgan fingerprint density at radius 1 is 1.25 bits per heavy atom. The molecule has 1 aliphatic rings. The summed E-state index contributed by atoms with van der Waals surface area (Å²) in [6.07, 6.45) is 4.83. The molecule has 0 spiro atoms. The largest absolute Gasteiger partial charge is 0.343 e. The van der Waals surface area contributed by atoms with Crippen molar-refractivity contribution in [2.75, 3.05) is 19.6 Å². The van der Waals surface area contributed by atoms with Crippen LogP contribution in [0.25, 0.3) is 0 Å². The number of nitrogens with one attached hydrogen (secondary N) is 1. The molecule has 0 atom stereocenters. The lowest BCUT2D eigenvalue weighted by Crippen LogP contribution is -2.44. The lowest BCUT2D eigenvalue weighted by atomic mass is 10.0. The highest BCUT2D eigenvalue weighted by atomic mass is 16.2. The number of likely N-dealkylation sites (tertiary alicyclic amines) is 1. The van der Waals surface area contributed by atoms with Crippen molar-refractivity contribution in [3.05, 3.63) is 35.9 Å². The molecule has 1 aliphatic heterocycles. The van der Waals surface area contributed by atoms with E-state index in [0.29, 0.717) is 18.4 Å². The minimum absolute atomic E-state index is 0.330. The maximum atomic E-state index is 12.2. The second-order valence-corrected chi connectivity index (χ2v) is 5.55. The average molecular weight is 274 g/mol. The highest BCUT2D eigenvalue weighted by Gasteiger charge is 2.21. The van der Waals surface area contributed by atoms with Crippen molar-refractivity contribution < 1.29 is 4.79 Å². The number of carbonyl (C=O) groups excluding carboxylic acids is 1. The van der Waals surface area contributed by atoms with Crippen molar-refractivity contribution in [3.63, 3.8) is 0 Å². The first-order valence-electron chi connectivity index (χ1n) is 7.84. The Kier molecular flexibility index (Phi) is 6.06. The quantitative estimate of drug-likeness (QED) is 0.865. The lowest BCUT2D eigenvalue weighted by molar-refractivity contribution is -0.132. The summed E-state index contributed by atoms with van der Waals surface area (Å²) in [5, 5.41) is 3.47. The summed E-state index contributed by atoms with van der Waals surface area (Å²) in [5.74, 6) is 0.330. The van der Waals surface area contributed by atoms with Crippen LogP contribution >= 0.6 is 0 Å². The number of aryl methyl sites for hydroxylation is 1. The minimum Gasteiger partial charge on any atom is -0.343 e. The van der Waals surface area contributed by atoms with E-state index < -0.39 is 0 Å². The number of piperidine rings is 1. The third-order valence-corrected chi connectivity index (χ3v) is 4.04. The van der Waals surface area contributed by atoms with Crippen LogP contribution in [0, 0.1) is 0 Å². The van der Waals surface area contributed by atoms with Gasteiger partial charge in [0.1, 0.15) is 0 Å². The van der Waals surface area contributed by atoms with Gasteiger partial charge in [-0.1, -0.05) is 37.3 Å². The number of amides is 1. The Morgan fingerprint density at radius 3 is 2.60 bits per heavy atom. The number of rotatable bonds is 6. The molecule has 1 aromatic carbocycles. The van der Waals surface area contributed by atoms with Crippen LogP contribution in [0.2, 0.25) is 0 Å². The molecule has 1 N–H and O–H groups in total. The fourth-order valence-electron chi connectivity index (χ4n) is 2.87. The maximum absolute atomic E-state index is 12.2. The molecule has 0 aliphatic carbocycles. The predicted octanol–water partition coefficient (Wildman–Crippen LogP) is 2.61. The zero-order chi connectivity index (χ0) is 14.2. The molecular formula is C17H26N2O. The monoisotopic (exact) mass is 274 g/mol.